The number of oxazole rings is 1. The maximum Gasteiger partial charge on any atom is 0.417 e. The van der Waals surface area contributed by atoms with Crippen molar-refractivity contribution in [2.75, 3.05) is 6.54 Å². The molecule has 4 rings (SSSR count). The highest BCUT2D eigenvalue weighted by atomic mass is 35.5. The van der Waals surface area contributed by atoms with Gasteiger partial charge in [-0.05, 0) is 41.5 Å². The fourth-order valence-corrected chi connectivity index (χ4v) is 3.82. The highest BCUT2D eigenvalue weighted by Gasteiger charge is 2.10. The zero-order chi connectivity index (χ0) is 19.7. The lowest BCUT2D eigenvalue weighted by molar-refractivity contribution is 0.555. The number of nitrogens with zero attached hydrogens (tertiary/aromatic N) is 3. The number of nitrogens with one attached hydrogen (secondary N) is 1. The average molecular weight is 438 g/mol. The van der Waals surface area contributed by atoms with E-state index in [4.69, 9.17) is 10.2 Å². The van der Waals surface area contributed by atoms with E-state index in [1.165, 1.54) is 26.9 Å². The standard InChI is InChI=1S/C18H16FN5O3S.ClH/c19-6-11(7-20)8-24-18(26)23(10-21-24)9-13-2-4-16(28-13)12-1-3-15-14(5-12)22-17(25)27-15;/h1-6,10H,7-9,20H2,(H,22,25);1H/b11-6+;. The molecule has 0 saturated heterocycles. The number of aromatic amines is 1. The van der Waals surface area contributed by atoms with Gasteiger partial charge >= 0.3 is 11.4 Å². The van der Waals surface area contributed by atoms with Crippen LogP contribution in [-0.4, -0.2) is 25.9 Å². The molecule has 152 valence electrons. The van der Waals surface area contributed by atoms with Crippen LogP contribution in [-0.2, 0) is 13.1 Å². The molecule has 4 aromatic rings. The van der Waals surface area contributed by atoms with E-state index in [1.54, 1.807) is 6.07 Å². The topological polar surface area (TPSA) is 112 Å². The number of rotatable bonds is 6. The lowest BCUT2D eigenvalue weighted by Crippen LogP contribution is -2.26. The first-order valence-electron chi connectivity index (χ1n) is 8.40. The Balaban J connectivity index is 0.00000240. The Labute approximate surface area is 173 Å². The molecule has 0 bridgehead atoms. The molecule has 0 amide bonds. The highest BCUT2D eigenvalue weighted by molar-refractivity contribution is 7.15. The Morgan fingerprint density at radius 1 is 1.31 bits per heavy atom. The fraction of sp³-hybridized carbons (Fsp3) is 0.167. The Morgan fingerprint density at radius 3 is 2.90 bits per heavy atom. The number of hydrogen-bond acceptors (Lipinski definition) is 6. The largest absolute Gasteiger partial charge is 0.417 e. The van der Waals surface area contributed by atoms with Crippen LogP contribution in [0.4, 0.5) is 4.39 Å². The number of halogens is 2. The Morgan fingerprint density at radius 2 is 2.14 bits per heavy atom. The van der Waals surface area contributed by atoms with Crippen molar-refractivity contribution in [2.24, 2.45) is 5.73 Å². The smallest absolute Gasteiger partial charge is 0.408 e. The fourth-order valence-electron chi connectivity index (χ4n) is 2.82. The van der Waals surface area contributed by atoms with E-state index in [-0.39, 0.29) is 31.2 Å². The summed E-state index contributed by atoms with van der Waals surface area (Å²) in [6.45, 7) is 0.402. The molecule has 0 atom stereocenters. The van der Waals surface area contributed by atoms with E-state index in [0.29, 0.717) is 29.5 Å². The molecule has 3 aromatic heterocycles. The molecule has 0 radical (unpaired) electrons. The number of thiophene rings is 1. The second kappa shape index (κ2) is 8.60. The third-order valence-electron chi connectivity index (χ3n) is 4.26. The van der Waals surface area contributed by atoms with Crippen molar-refractivity contribution >= 4 is 34.8 Å². The quantitative estimate of drug-likeness (QED) is 0.481. The molecule has 3 N–H and O–H groups in total. The zero-order valence-electron chi connectivity index (χ0n) is 15.0. The summed E-state index contributed by atoms with van der Waals surface area (Å²) in [5.41, 5.74) is 7.45. The molecule has 0 saturated carbocycles. The molecule has 0 aliphatic rings. The van der Waals surface area contributed by atoms with E-state index in [9.17, 15) is 14.0 Å². The number of benzene rings is 1. The van der Waals surface area contributed by atoms with Crippen molar-refractivity contribution in [2.45, 2.75) is 13.1 Å². The van der Waals surface area contributed by atoms with Crippen LogP contribution in [0.15, 0.2) is 62.6 Å². The summed E-state index contributed by atoms with van der Waals surface area (Å²) >= 11 is 1.53. The van der Waals surface area contributed by atoms with Gasteiger partial charge in [0, 0.05) is 16.3 Å². The maximum atomic E-state index is 12.7. The third-order valence-corrected chi connectivity index (χ3v) is 5.38. The summed E-state index contributed by atoms with van der Waals surface area (Å²) < 4.78 is 20.3. The van der Waals surface area contributed by atoms with Gasteiger partial charge in [0.05, 0.1) is 24.9 Å². The van der Waals surface area contributed by atoms with E-state index >= 15 is 0 Å². The summed E-state index contributed by atoms with van der Waals surface area (Å²) in [4.78, 5) is 28.3. The van der Waals surface area contributed by atoms with Crippen LogP contribution in [0.25, 0.3) is 21.5 Å². The van der Waals surface area contributed by atoms with Gasteiger partial charge in [0.25, 0.3) is 0 Å². The van der Waals surface area contributed by atoms with Gasteiger partial charge in [-0.1, -0.05) is 0 Å². The third kappa shape index (κ3) is 4.24. The lowest BCUT2D eigenvalue weighted by atomic mass is 10.2. The molecule has 0 fully saturated rings. The number of nitrogens with two attached hydrogens (primary N) is 1. The molecule has 29 heavy (non-hydrogen) atoms. The molecule has 0 aliphatic heterocycles. The molecule has 11 heteroatoms. The van der Waals surface area contributed by atoms with Gasteiger partial charge in [-0.3, -0.25) is 9.55 Å². The summed E-state index contributed by atoms with van der Waals surface area (Å²) in [7, 11) is 0. The SMILES string of the molecule is Cl.NC/C(=C\F)Cn1ncn(Cc2ccc(-c3ccc4oc(=O)[nH]c4c3)s2)c1=O. The van der Waals surface area contributed by atoms with E-state index < -0.39 is 5.76 Å². The van der Waals surface area contributed by atoms with Gasteiger partial charge in [0.1, 0.15) is 6.33 Å². The van der Waals surface area contributed by atoms with Crippen molar-refractivity contribution in [3.63, 3.8) is 0 Å². The second-order valence-corrected chi connectivity index (χ2v) is 7.33. The van der Waals surface area contributed by atoms with Crippen LogP contribution < -0.4 is 17.2 Å². The van der Waals surface area contributed by atoms with Crippen LogP contribution in [0.5, 0.6) is 0 Å². The van der Waals surface area contributed by atoms with Crippen LogP contribution >= 0.6 is 23.7 Å². The minimum absolute atomic E-state index is 0. The van der Waals surface area contributed by atoms with Crippen molar-refractivity contribution in [3.8, 4) is 10.4 Å². The maximum absolute atomic E-state index is 12.7. The molecule has 0 aliphatic carbocycles. The van der Waals surface area contributed by atoms with E-state index in [1.807, 2.05) is 24.3 Å². The Kier molecular flexibility index (Phi) is 6.16. The molecule has 8 nitrogen and oxygen atoms in total. The van der Waals surface area contributed by atoms with Crippen LogP contribution in [0.2, 0.25) is 0 Å². The molecule has 3 heterocycles. The molecular formula is C18H17ClFN5O3S. The van der Waals surface area contributed by atoms with Crippen LogP contribution in [0.3, 0.4) is 0 Å². The number of fused-ring (bicyclic) bond motifs is 1. The molecule has 1 aromatic carbocycles. The minimum atomic E-state index is -0.490. The minimum Gasteiger partial charge on any atom is -0.408 e. The molecule has 0 unspecified atom stereocenters. The monoisotopic (exact) mass is 437 g/mol. The lowest BCUT2D eigenvalue weighted by Gasteiger charge is -2.01. The summed E-state index contributed by atoms with van der Waals surface area (Å²) in [6.07, 6.45) is 1.83. The van der Waals surface area contributed by atoms with Gasteiger partial charge in [-0.25, -0.2) is 18.7 Å². The molecule has 0 spiro atoms. The predicted octanol–water partition coefficient (Wildman–Crippen LogP) is 2.49. The van der Waals surface area contributed by atoms with Gasteiger partial charge in [0.2, 0.25) is 0 Å². The Bertz CT molecular complexity index is 1280. The Hall–Kier alpha value is -2.95. The first-order chi connectivity index (χ1) is 13.6. The summed E-state index contributed by atoms with van der Waals surface area (Å²) in [5, 5.41) is 4.01. The van der Waals surface area contributed by atoms with Gasteiger partial charge in [-0.15, -0.1) is 23.7 Å². The van der Waals surface area contributed by atoms with Crippen LogP contribution in [0, 0.1) is 0 Å². The van der Waals surface area contributed by atoms with Crippen molar-refractivity contribution < 1.29 is 8.81 Å². The number of H-pyrrole nitrogens is 1. The van der Waals surface area contributed by atoms with Crippen molar-refractivity contribution in [1.82, 2.24) is 19.3 Å². The van der Waals surface area contributed by atoms with Gasteiger partial charge in [0.15, 0.2) is 5.58 Å². The first kappa shape index (κ1) is 20.8. The summed E-state index contributed by atoms with van der Waals surface area (Å²) in [5.74, 6) is -0.490. The predicted molar refractivity (Wildman–Crippen MR) is 111 cm³/mol. The first-order valence-corrected chi connectivity index (χ1v) is 9.21. The highest BCUT2D eigenvalue weighted by Crippen LogP contribution is 2.30. The normalized spacial score (nSPS) is 11.7. The molecular weight excluding hydrogens is 421 g/mol. The van der Waals surface area contributed by atoms with E-state index in [2.05, 4.69) is 10.1 Å². The van der Waals surface area contributed by atoms with E-state index in [0.717, 1.165) is 15.3 Å². The number of hydrogen-bond donors (Lipinski definition) is 2. The van der Waals surface area contributed by atoms with Gasteiger partial charge in [-0.2, -0.15) is 5.10 Å². The average Bonchev–Trinajstić information content (AvgIpc) is 3.39. The second-order valence-electron chi connectivity index (χ2n) is 6.16. The van der Waals surface area contributed by atoms with Crippen molar-refractivity contribution in [3.05, 3.63) is 74.5 Å². The van der Waals surface area contributed by atoms with Crippen molar-refractivity contribution in [1.29, 1.82) is 0 Å². The van der Waals surface area contributed by atoms with Gasteiger partial charge < -0.3 is 10.2 Å². The zero-order valence-corrected chi connectivity index (χ0v) is 16.6. The number of aromatic nitrogens is 4. The summed E-state index contributed by atoms with van der Waals surface area (Å²) in [6, 6.07) is 9.34. The van der Waals surface area contributed by atoms with Crippen LogP contribution in [0.1, 0.15) is 4.88 Å².